The van der Waals surface area contributed by atoms with E-state index in [1.807, 2.05) is 6.92 Å². The predicted octanol–water partition coefficient (Wildman–Crippen LogP) is 3.27. The Kier molecular flexibility index (Phi) is 3.09. The second kappa shape index (κ2) is 4.23. The second-order valence-corrected chi connectivity index (χ2v) is 5.10. The Labute approximate surface area is 109 Å². The van der Waals surface area contributed by atoms with Gasteiger partial charge in [0.2, 0.25) is 0 Å². The van der Waals surface area contributed by atoms with E-state index in [2.05, 4.69) is 4.98 Å². The molecule has 2 aromatic rings. The third kappa shape index (κ3) is 2.45. The number of aromatic nitrogens is 2. The molecule has 0 saturated heterocycles. The molecule has 1 heterocycles. The van der Waals surface area contributed by atoms with E-state index < -0.39 is 17.3 Å². The van der Waals surface area contributed by atoms with Crippen molar-refractivity contribution in [3.63, 3.8) is 0 Å². The summed E-state index contributed by atoms with van der Waals surface area (Å²) in [6, 6.07) is 3.56. The Morgan fingerprint density at radius 2 is 1.89 bits per heavy atom. The minimum absolute atomic E-state index is 0.464. The van der Waals surface area contributed by atoms with E-state index in [-0.39, 0.29) is 0 Å². The first kappa shape index (κ1) is 13.9. The van der Waals surface area contributed by atoms with E-state index in [1.54, 1.807) is 18.4 Å². The Morgan fingerprint density at radius 3 is 2.37 bits per heavy atom. The number of benzene rings is 1. The second-order valence-electron chi connectivity index (χ2n) is 5.10. The van der Waals surface area contributed by atoms with Crippen LogP contribution in [-0.4, -0.2) is 9.55 Å². The van der Waals surface area contributed by atoms with Crippen LogP contribution < -0.4 is 5.73 Å². The van der Waals surface area contributed by atoms with Gasteiger partial charge in [-0.05, 0) is 39.0 Å². The van der Waals surface area contributed by atoms with E-state index in [0.29, 0.717) is 23.4 Å². The van der Waals surface area contributed by atoms with Crippen LogP contribution in [0.25, 0.3) is 11.0 Å². The largest absolute Gasteiger partial charge is 0.416 e. The molecule has 1 aromatic heterocycles. The number of nitrogens with zero attached hydrogens (tertiary/aromatic N) is 2. The van der Waals surface area contributed by atoms with Gasteiger partial charge in [0.05, 0.1) is 22.1 Å². The van der Waals surface area contributed by atoms with Crippen LogP contribution in [0, 0.1) is 0 Å². The molecule has 0 saturated carbocycles. The highest BCUT2D eigenvalue weighted by Crippen LogP contribution is 2.32. The smallest absolute Gasteiger partial charge is 0.327 e. The monoisotopic (exact) mass is 271 g/mol. The first-order valence-electron chi connectivity index (χ1n) is 6.01. The molecule has 0 unspecified atom stereocenters. The molecule has 0 bridgehead atoms. The van der Waals surface area contributed by atoms with Crippen LogP contribution in [0.5, 0.6) is 0 Å². The number of imidazole rings is 1. The van der Waals surface area contributed by atoms with Crippen LogP contribution in [0.1, 0.15) is 32.2 Å². The molecule has 3 nitrogen and oxygen atoms in total. The first-order chi connectivity index (χ1) is 8.64. The fourth-order valence-corrected chi connectivity index (χ4v) is 2.11. The normalized spacial score (nSPS) is 13.2. The van der Waals surface area contributed by atoms with E-state index in [4.69, 9.17) is 5.73 Å². The summed E-state index contributed by atoms with van der Waals surface area (Å²) in [5.74, 6) is 0.587. The molecule has 19 heavy (non-hydrogen) atoms. The SMILES string of the molecule is CCn1c(C(C)(C)N)nc2ccc(C(F)(F)F)cc21. The van der Waals surface area contributed by atoms with Crippen LogP contribution in [0.3, 0.4) is 0 Å². The lowest BCUT2D eigenvalue weighted by atomic mass is 10.1. The summed E-state index contributed by atoms with van der Waals surface area (Å²) in [5, 5.41) is 0. The van der Waals surface area contributed by atoms with Crippen molar-refractivity contribution < 1.29 is 13.2 Å². The lowest BCUT2D eigenvalue weighted by Crippen LogP contribution is -2.32. The summed E-state index contributed by atoms with van der Waals surface area (Å²) in [7, 11) is 0. The van der Waals surface area contributed by atoms with Crippen molar-refractivity contribution in [2.45, 2.75) is 39.0 Å². The Morgan fingerprint density at radius 1 is 1.26 bits per heavy atom. The van der Waals surface area contributed by atoms with Crippen LogP contribution in [0.15, 0.2) is 18.2 Å². The molecule has 0 aliphatic rings. The van der Waals surface area contributed by atoms with E-state index >= 15 is 0 Å². The number of aryl methyl sites for hydroxylation is 1. The summed E-state index contributed by atoms with van der Waals surface area (Å²) in [6.45, 7) is 5.94. The topological polar surface area (TPSA) is 43.8 Å². The number of alkyl halides is 3. The lowest BCUT2D eigenvalue weighted by molar-refractivity contribution is -0.137. The van der Waals surface area contributed by atoms with Gasteiger partial charge >= 0.3 is 6.18 Å². The molecule has 0 aliphatic heterocycles. The predicted molar refractivity (Wildman–Crippen MR) is 67.6 cm³/mol. The molecule has 104 valence electrons. The maximum absolute atomic E-state index is 12.7. The lowest BCUT2D eigenvalue weighted by Gasteiger charge is -2.19. The van der Waals surface area contributed by atoms with Gasteiger partial charge in [0.15, 0.2) is 0 Å². The van der Waals surface area contributed by atoms with Gasteiger partial charge in [0.25, 0.3) is 0 Å². The van der Waals surface area contributed by atoms with Crippen LogP contribution in [0.4, 0.5) is 13.2 Å². The van der Waals surface area contributed by atoms with Crippen LogP contribution in [-0.2, 0) is 18.3 Å². The molecular weight excluding hydrogens is 255 g/mol. The summed E-state index contributed by atoms with van der Waals surface area (Å²) >= 11 is 0. The molecule has 0 amide bonds. The van der Waals surface area contributed by atoms with Gasteiger partial charge in [-0.15, -0.1) is 0 Å². The average Bonchev–Trinajstić information content (AvgIpc) is 2.64. The minimum Gasteiger partial charge on any atom is -0.327 e. The third-order valence-electron chi connectivity index (χ3n) is 2.97. The molecule has 6 heteroatoms. The Bertz CT molecular complexity index is 606. The molecule has 0 spiro atoms. The highest BCUT2D eigenvalue weighted by molar-refractivity contribution is 5.77. The summed E-state index contributed by atoms with van der Waals surface area (Å²) in [5.41, 5.74) is 5.64. The van der Waals surface area contributed by atoms with Crippen molar-refractivity contribution in [1.82, 2.24) is 9.55 Å². The molecular formula is C13H16F3N3. The van der Waals surface area contributed by atoms with Crippen LogP contribution in [0.2, 0.25) is 0 Å². The van der Waals surface area contributed by atoms with Gasteiger partial charge in [-0.1, -0.05) is 0 Å². The van der Waals surface area contributed by atoms with Crippen molar-refractivity contribution >= 4 is 11.0 Å². The zero-order chi connectivity index (χ0) is 14.4. The van der Waals surface area contributed by atoms with E-state index in [9.17, 15) is 13.2 Å². The highest BCUT2D eigenvalue weighted by Gasteiger charge is 2.31. The maximum atomic E-state index is 12.7. The number of rotatable bonds is 2. The molecule has 2 rings (SSSR count). The quantitative estimate of drug-likeness (QED) is 0.911. The Hall–Kier alpha value is -1.56. The van der Waals surface area contributed by atoms with Gasteiger partial charge in [0, 0.05) is 6.54 Å². The standard InChI is InChI=1S/C13H16F3N3/c1-4-19-10-7-8(13(14,15)16)5-6-9(10)18-11(19)12(2,3)17/h5-7H,4,17H2,1-3H3. The molecule has 0 atom stereocenters. The zero-order valence-electron chi connectivity index (χ0n) is 11.0. The molecule has 2 N–H and O–H groups in total. The van der Waals surface area contributed by atoms with Crippen molar-refractivity contribution in [3.05, 3.63) is 29.6 Å². The van der Waals surface area contributed by atoms with Gasteiger partial charge < -0.3 is 10.3 Å². The average molecular weight is 271 g/mol. The van der Waals surface area contributed by atoms with Crippen molar-refractivity contribution in [2.24, 2.45) is 5.73 Å². The number of fused-ring (bicyclic) bond motifs is 1. The van der Waals surface area contributed by atoms with Gasteiger partial charge in [-0.3, -0.25) is 0 Å². The van der Waals surface area contributed by atoms with Crippen LogP contribution >= 0.6 is 0 Å². The fraction of sp³-hybridized carbons (Fsp3) is 0.462. The van der Waals surface area contributed by atoms with Crippen molar-refractivity contribution in [2.75, 3.05) is 0 Å². The van der Waals surface area contributed by atoms with Gasteiger partial charge in [-0.2, -0.15) is 13.2 Å². The van der Waals surface area contributed by atoms with Crippen molar-refractivity contribution in [1.29, 1.82) is 0 Å². The number of halogens is 3. The van der Waals surface area contributed by atoms with E-state index in [1.165, 1.54) is 6.07 Å². The third-order valence-corrected chi connectivity index (χ3v) is 2.97. The first-order valence-corrected chi connectivity index (χ1v) is 6.01. The summed E-state index contributed by atoms with van der Waals surface area (Å²) < 4.78 is 39.9. The molecule has 0 radical (unpaired) electrons. The van der Waals surface area contributed by atoms with Crippen molar-refractivity contribution in [3.8, 4) is 0 Å². The maximum Gasteiger partial charge on any atom is 0.416 e. The van der Waals surface area contributed by atoms with E-state index in [0.717, 1.165) is 12.1 Å². The summed E-state index contributed by atoms with van der Waals surface area (Å²) in [4.78, 5) is 4.35. The number of hydrogen-bond acceptors (Lipinski definition) is 2. The number of nitrogens with two attached hydrogens (primary N) is 1. The Balaban J connectivity index is 2.72. The zero-order valence-corrected chi connectivity index (χ0v) is 11.0. The highest BCUT2D eigenvalue weighted by atomic mass is 19.4. The van der Waals surface area contributed by atoms with Gasteiger partial charge in [0.1, 0.15) is 5.82 Å². The molecule has 0 fully saturated rings. The summed E-state index contributed by atoms with van der Waals surface area (Å²) in [6.07, 6.45) is -4.35. The van der Waals surface area contributed by atoms with Gasteiger partial charge in [-0.25, -0.2) is 4.98 Å². The number of hydrogen-bond donors (Lipinski definition) is 1. The molecule has 1 aromatic carbocycles. The molecule has 0 aliphatic carbocycles. The minimum atomic E-state index is -4.35. The fourth-order valence-electron chi connectivity index (χ4n) is 2.11.